The molecule has 1 aromatic heterocycles. The van der Waals surface area contributed by atoms with Crippen molar-refractivity contribution >= 4 is 37.3 Å². The Hall–Kier alpha value is -3.28. The highest BCUT2D eigenvalue weighted by Gasteiger charge is 2.19. The standard InChI is InChI=1S/C19H18N4O5S2/c1-20-29(25,26)17-6-3-7-18(13-17)30(27,28)23-16-5-2-4-14(12-16)19(24)22-15-8-10-21-11-9-15/h2-13,20,23H,1H3,(H,21,22,24). The number of benzene rings is 2. The zero-order chi connectivity index (χ0) is 21.8. The van der Waals surface area contributed by atoms with Gasteiger partial charge in [-0.05, 0) is 55.6 Å². The van der Waals surface area contributed by atoms with E-state index in [-0.39, 0.29) is 21.0 Å². The summed E-state index contributed by atoms with van der Waals surface area (Å²) in [7, 11) is -6.66. The zero-order valence-corrected chi connectivity index (χ0v) is 17.4. The van der Waals surface area contributed by atoms with Crippen LogP contribution in [0.15, 0.2) is 82.8 Å². The van der Waals surface area contributed by atoms with E-state index in [1.165, 1.54) is 61.9 Å². The topological polar surface area (TPSA) is 134 Å². The van der Waals surface area contributed by atoms with Crippen LogP contribution in [0.1, 0.15) is 10.4 Å². The molecule has 30 heavy (non-hydrogen) atoms. The first-order valence-electron chi connectivity index (χ1n) is 8.59. The number of carbonyl (C=O) groups is 1. The third-order valence-electron chi connectivity index (χ3n) is 4.01. The molecule has 9 nitrogen and oxygen atoms in total. The molecule has 0 radical (unpaired) electrons. The summed E-state index contributed by atoms with van der Waals surface area (Å²) in [6.07, 6.45) is 3.06. The van der Waals surface area contributed by atoms with Gasteiger partial charge in [0.15, 0.2) is 0 Å². The van der Waals surface area contributed by atoms with Crippen LogP contribution in [0.5, 0.6) is 0 Å². The maximum atomic E-state index is 12.7. The summed E-state index contributed by atoms with van der Waals surface area (Å²) in [6.45, 7) is 0. The van der Waals surface area contributed by atoms with Crippen LogP contribution in [-0.4, -0.2) is 34.8 Å². The molecule has 0 aliphatic carbocycles. The highest BCUT2D eigenvalue weighted by Crippen LogP contribution is 2.20. The molecule has 0 aliphatic heterocycles. The summed E-state index contributed by atoms with van der Waals surface area (Å²) >= 11 is 0. The molecule has 0 atom stereocenters. The smallest absolute Gasteiger partial charge is 0.261 e. The van der Waals surface area contributed by atoms with E-state index in [0.717, 1.165) is 6.07 Å². The van der Waals surface area contributed by atoms with Gasteiger partial charge < -0.3 is 5.32 Å². The fourth-order valence-corrected chi connectivity index (χ4v) is 4.45. The Labute approximate surface area is 174 Å². The van der Waals surface area contributed by atoms with Crippen LogP contribution < -0.4 is 14.8 Å². The summed E-state index contributed by atoms with van der Waals surface area (Å²) in [5.41, 5.74) is 0.932. The quantitative estimate of drug-likeness (QED) is 0.508. The Morgan fingerprint density at radius 2 is 1.43 bits per heavy atom. The lowest BCUT2D eigenvalue weighted by Crippen LogP contribution is -2.20. The Balaban J connectivity index is 1.83. The van der Waals surface area contributed by atoms with Gasteiger partial charge >= 0.3 is 0 Å². The largest absolute Gasteiger partial charge is 0.322 e. The molecule has 0 spiro atoms. The van der Waals surface area contributed by atoms with E-state index in [2.05, 4.69) is 19.7 Å². The number of sulfonamides is 2. The molecular formula is C19H18N4O5S2. The van der Waals surface area contributed by atoms with Crippen molar-refractivity contribution in [2.45, 2.75) is 9.79 Å². The number of nitrogens with one attached hydrogen (secondary N) is 3. The number of anilines is 2. The summed E-state index contributed by atoms with van der Waals surface area (Å²) in [5.74, 6) is -0.427. The summed E-state index contributed by atoms with van der Waals surface area (Å²) in [6, 6.07) is 14.1. The van der Waals surface area contributed by atoms with Crippen molar-refractivity contribution in [1.29, 1.82) is 0 Å². The van der Waals surface area contributed by atoms with Crippen molar-refractivity contribution in [2.24, 2.45) is 0 Å². The van der Waals surface area contributed by atoms with Crippen LogP contribution in [0.2, 0.25) is 0 Å². The minimum Gasteiger partial charge on any atom is -0.322 e. The van der Waals surface area contributed by atoms with Crippen molar-refractivity contribution < 1.29 is 21.6 Å². The lowest BCUT2D eigenvalue weighted by atomic mass is 10.2. The summed E-state index contributed by atoms with van der Waals surface area (Å²) in [4.78, 5) is 15.9. The second kappa shape index (κ2) is 8.61. The number of pyridine rings is 1. The SMILES string of the molecule is CNS(=O)(=O)c1cccc(S(=O)(=O)Nc2cccc(C(=O)Nc3ccncc3)c2)c1. The van der Waals surface area contributed by atoms with Gasteiger partial charge in [-0.2, -0.15) is 0 Å². The molecule has 3 rings (SSSR count). The van der Waals surface area contributed by atoms with Crippen LogP contribution in [-0.2, 0) is 20.0 Å². The molecule has 1 heterocycles. The molecule has 3 aromatic rings. The molecule has 0 aliphatic rings. The highest BCUT2D eigenvalue weighted by atomic mass is 32.2. The Morgan fingerprint density at radius 3 is 2.10 bits per heavy atom. The maximum absolute atomic E-state index is 12.7. The average Bonchev–Trinajstić information content (AvgIpc) is 2.74. The number of hydrogen-bond acceptors (Lipinski definition) is 6. The van der Waals surface area contributed by atoms with E-state index < -0.39 is 26.0 Å². The number of amides is 1. The predicted octanol–water partition coefficient (Wildman–Crippen LogP) is 2.04. The minimum absolute atomic E-state index is 0.152. The van der Waals surface area contributed by atoms with E-state index in [1.54, 1.807) is 12.1 Å². The van der Waals surface area contributed by atoms with E-state index >= 15 is 0 Å². The molecule has 1 amide bonds. The van der Waals surface area contributed by atoms with Crippen LogP contribution in [0.3, 0.4) is 0 Å². The second-order valence-electron chi connectivity index (χ2n) is 6.06. The lowest BCUT2D eigenvalue weighted by Gasteiger charge is -2.11. The molecule has 11 heteroatoms. The first-order chi connectivity index (χ1) is 14.2. The molecule has 0 bridgehead atoms. The first-order valence-corrected chi connectivity index (χ1v) is 11.6. The monoisotopic (exact) mass is 446 g/mol. The maximum Gasteiger partial charge on any atom is 0.261 e. The number of hydrogen-bond donors (Lipinski definition) is 3. The van der Waals surface area contributed by atoms with Crippen molar-refractivity contribution in [3.63, 3.8) is 0 Å². The summed E-state index contributed by atoms with van der Waals surface area (Å²) < 4.78 is 53.8. The summed E-state index contributed by atoms with van der Waals surface area (Å²) in [5, 5.41) is 2.68. The molecule has 156 valence electrons. The Bertz CT molecular complexity index is 1280. The molecule has 2 aromatic carbocycles. The van der Waals surface area contributed by atoms with Gasteiger partial charge in [-0.25, -0.2) is 21.6 Å². The minimum atomic E-state index is -4.09. The van der Waals surface area contributed by atoms with E-state index in [1.807, 2.05) is 0 Å². The van der Waals surface area contributed by atoms with Crippen LogP contribution in [0.25, 0.3) is 0 Å². The van der Waals surface area contributed by atoms with E-state index in [4.69, 9.17) is 0 Å². The van der Waals surface area contributed by atoms with Crippen LogP contribution in [0.4, 0.5) is 11.4 Å². The molecule has 0 saturated carbocycles. The third kappa shape index (κ3) is 5.00. The van der Waals surface area contributed by atoms with Crippen molar-refractivity contribution in [3.05, 3.63) is 78.6 Å². The van der Waals surface area contributed by atoms with E-state index in [0.29, 0.717) is 5.69 Å². The number of nitrogens with zero attached hydrogens (tertiary/aromatic N) is 1. The van der Waals surface area contributed by atoms with Gasteiger partial charge in [0.2, 0.25) is 10.0 Å². The number of rotatable bonds is 7. The van der Waals surface area contributed by atoms with Gasteiger partial charge in [0.05, 0.1) is 9.79 Å². The number of aromatic nitrogens is 1. The van der Waals surface area contributed by atoms with Gasteiger partial charge in [-0.3, -0.25) is 14.5 Å². The molecule has 0 saturated heterocycles. The van der Waals surface area contributed by atoms with Gasteiger partial charge in [0, 0.05) is 29.3 Å². The normalized spacial score (nSPS) is 11.6. The van der Waals surface area contributed by atoms with Crippen molar-refractivity contribution in [3.8, 4) is 0 Å². The van der Waals surface area contributed by atoms with Gasteiger partial charge in [-0.1, -0.05) is 12.1 Å². The van der Waals surface area contributed by atoms with Crippen LogP contribution >= 0.6 is 0 Å². The zero-order valence-electron chi connectivity index (χ0n) is 15.7. The van der Waals surface area contributed by atoms with Crippen molar-refractivity contribution in [2.75, 3.05) is 17.1 Å². The van der Waals surface area contributed by atoms with E-state index in [9.17, 15) is 21.6 Å². The molecule has 3 N–H and O–H groups in total. The first kappa shape index (κ1) is 21.4. The fourth-order valence-electron chi connectivity index (χ4n) is 2.50. The van der Waals surface area contributed by atoms with Gasteiger partial charge in [-0.15, -0.1) is 0 Å². The molecule has 0 unspecified atom stereocenters. The van der Waals surface area contributed by atoms with Crippen LogP contribution in [0, 0.1) is 0 Å². The van der Waals surface area contributed by atoms with Gasteiger partial charge in [0.25, 0.3) is 15.9 Å². The van der Waals surface area contributed by atoms with Crippen molar-refractivity contribution in [1.82, 2.24) is 9.71 Å². The Kier molecular flexibility index (Phi) is 6.15. The third-order valence-corrected chi connectivity index (χ3v) is 6.80. The Morgan fingerprint density at radius 1 is 0.800 bits per heavy atom. The average molecular weight is 447 g/mol. The second-order valence-corrected chi connectivity index (χ2v) is 9.63. The molecule has 0 fully saturated rings. The highest BCUT2D eigenvalue weighted by molar-refractivity contribution is 7.93. The predicted molar refractivity (Wildman–Crippen MR) is 112 cm³/mol. The lowest BCUT2D eigenvalue weighted by molar-refractivity contribution is 0.102. The van der Waals surface area contributed by atoms with Gasteiger partial charge in [0.1, 0.15) is 0 Å². The fraction of sp³-hybridized carbons (Fsp3) is 0.0526. The molecular weight excluding hydrogens is 428 g/mol. The number of carbonyl (C=O) groups excluding carboxylic acids is 1.